The molecular formula is C15H22BFO3. The van der Waals surface area contributed by atoms with Crippen LogP contribution in [0.15, 0.2) is 18.2 Å². The molecule has 1 heterocycles. The van der Waals surface area contributed by atoms with E-state index in [0.29, 0.717) is 17.8 Å². The molecule has 2 rings (SSSR count). The number of rotatable bonds is 4. The molecule has 0 aromatic heterocycles. The van der Waals surface area contributed by atoms with Crippen molar-refractivity contribution in [3.63, 3.8) is 0 Å². The third-order valence-corrected chi connectivity index (χ3v) is 3.95. The van der Waals surface area contributed by atoms with Crippen LogP contribution in [-0.2, 0) is 9.31 Å². The molecule has 1 saturated heterocycles. The van der Waals surface area contributed by atoms with E-state index in [1.54, 1.807) is 12.1 Å². The molecule has 1 aliphatic rings. The molecule has 1 aliphatic heterocycles. The standard InChI is InChI=1S/C15H22BFO3/c1-6-9-18-11-7-8-12(13(17)10-11)16-19-14(2,3)15(4,5)20-16/h7-8,10H,6,9H2,1-5H3. The van der Waals surface area contributed by atoms with E-state index in [2.05, 4.69) is 0 Å². The average Bonchev–Trinajstić information content (AvgIpc) is 2.55. The summed E-state index contributed by atoms with van der Waals surface area (Å²) in [5, 5.41) is 0. The molecule has 0 amide bonds. The van der Waals surface area contributed by atoms with Gasteiger partial charge in [0, 0.05) is 11.5 Å². The summed E-state index contributed by atoms with van der Waals surface area (Å²) < 4.78 is 31.3. The molecule has 0 aliphatic carbocycles. The maximum absolute atomic E-state index is 14.2. The smallest absolute Gasteiger partial charge is 0.494 e. The van der Waals surface area contributed by atoms with Crippen molar-refractivity contribution < 1.29 is 18.4 Å². The monoisotopic (exact) mass is 280 g/mol. The Morgan fingerprint density at radius 1 is 1.15 bits per heavy atom. The zero-order valence-electron chi connectivity index (χ0n) is 12.8. The van der Waals surface area contributed by atoms with E-state index in [4.69, 9.17) is 14.0 Å². The van der Waals surface area contributed by atoms with Crippen molar-refractivity contribution in [1.82, 2.24) is 0 Å². The highest BCUT2D eigenvalue weighted by Gasteiger charge is 2.52. The van der Waals surface area contributed by atoms with E-state index in [1.807, 2.05) is 34.6 Å². The quantitative estimate of drug-likeness (QED) is 0.794. The van der Waals surface area contributed by atoms with Crippen molar-refractivity contribution in [2.45, 2.75) is 52.2 Å². The average molecular weight is 280 g/mol. The molecule has 0 atom stereocenters. The Kier molecular flexibility index (Phi) is 4.12. The van der Waals surface area contributed by atoms with Gasteiger partial charge >= 0.3 is 7.12 Å². The van der Waals surface area contributed by atoms with Crippen molar-refractivity contribution in [3.05, 3.63) is 24.0 Å². The van der Waals surface area contributed by atoms with E-state index in [0.717, 1.165) is 6.42 Å². The number of halogens is 1. The fourth-order valence-corrected chi connectivity index (χ4v) is 1.98. The summed E-state index contributed by atoms with van der Waals surface area (Å²) in [5.41, 5.74) is -0.532. The molecule has 0 spiro atoms. The first-order valence-electron chi connectivity index (χ1n) is 7.05. The Balaban J connectivity index is 2.19. The Hall–Kier alpha value is -1.07. The van der Waals surface area contributed by atoms with Gasteiger partial charge in [0.1, 0.15) is 11.6 Å². The molecule has 0 bridgehead atoms. The van der Waals surface area contributed by atoms with Gasteiger partial charge in [-0.15, -0.1) is 0 Å². The highest BCUT2D eigenvalue weighted by atomic mass is 19.1. The predicted molar refractivity (Wildman–Crippen MR) is 77.9 cm³/mol. The second kappa shape index (κ2) is 5.37. The number of benzene rings is 1. The molecular weight excluding hydrogens is 258 g/mol. The fourth-order valence-electron chi connectivity index (χ4n) is 1.98. The summed E-state index contributed by atoms with van der Waals surface area (Å²) >= 11 is 0. The highest BCUT2D eigenvalue weighted by Crippen LogP contribution is 2.36. The van der Waals surface area contributed by atoms with Crippen LogP contribution in [0.2, 0.25) is 0 Å². The van der Waals surface area contributed by atoms with Crippen molar-refractivity contribution in [3.8, 4) is 5.75 Å². The molecule has 20 heavy (non-hydrogen) atoms. The summed E-state index contributed by atoms with van der Waals surface area (Å²) in [6.45, 7) is 10.4. The fraction of sp³-hybridized carbons (Fsp3) is 0.600. The van der Waals surface area contributed by atoms with E-state index in [9.17, 15) is 4.39 Å². The molecule has 5 heteroatoms. The lowest BCUT2D eigenvalue weighted by molar-refractivity contribution is 0.00578. The van der Waals surface area contributed by atoms with Gasteiger partial charge in [-0.25, -0.2) is 4.39 Å². The first kappa shape index (κ1) is 15.3. The van der Waals surface area contributed by atoms with E-state index in [-0.39, 0.29) is 5.82 Å². The SMILES string of the molecule is CCCOc1ccc(B2OC(C)(C)C(C)(C)O2)c(F)c1. The van der Waals surface area contributed by atoms with Gasteiger partial charge < -0.3 is 14.0 Å². The van der Waals surface area contributed by atoms with Gasteiger partial charge in [-0.05, 0) is 40.2 Å². The summed E-state index contributed by atoms with van der Waals surface area (Å²) in [5.74, 6) is 0.168. The first-order chi connectivity index (χ1) is 9.27. The van der Waals surface area contributed by atoms with E-state index in [1.165, 1.54) is 6.07 Å². The number of hydrogen-bond acceptors (Lipinski definition) is 3. The van der Waals surface area contributed by atoms with Crippen LogP contribution in [-0.4, -0.2) is 24.9 Å². The lowest BCUT2D eigenvalue weighted by Crippen LogP contribution is -2.41. The molecule has 0 saturated carbocycles. The minimum absolute atomic E-state index is 0.364. The van der Waals surface area contributed by atoms with Crippen LogP contribution in [0.1, 0.15) is 41.0 Å². The van der Waals surface area contributed by atoms with Crippen LogP contribution in [0, 0.1) is 5.82 Å². The van der Waals surface area contributed by atoms with Crippen LogP contribution in [0.5, 0.6) is 5.75 Å². The van der Waals surface area contributed by atoms with Gasteiger partial charge in [0.2, 0.25) is 0 Å². The van der Waals surface area contributed by atoms with Gasteiger partial charge in [-0.1, -0.05) is 13.0 Å². The Morgan fingerprint density at radius 3 is 2.25 bits per heavy atom. The summed E-state index contributed by atoms with van der Waals surface area (Å²) in [7, 11) is -0.680. The number of ether oxygens (including phenoxy) is 1. The maximum atomic E-state index is 14.2. The van der Waals surface area contributed by atoms with Crippen molar-refractivity contribution in [1.29, 1.82) is 0 Å². The van der Waals surface area contributed by atoms with Gasteiger partial charge in [0.05, 0.1) is 17.8 Å². The Labute approximate surface area is 120 Å². The minimum atomic E-state index is -0.680. The van der Waals surface area contributed by atoms with Gasteiger partial charge in [0.25, 0.3) is 0 Å². The third kappa shape index (κ3) is 2.84. The zero-order chi connectivity index (χ0) is 15.0. The Bertz CT molecular complexity index is 472. The summed E-state index contributed by atoms with van der Waals surface area (Å²) in [4.78, 5) is 0. The van der Waals surface area contributed by atoms with Crippen LogP contribution >= 0.6 is 0 Å². The molecule has 110 valence electrons. The second-order valence-corrected chi connectivity index (χ2v) is 6.12. The summed E-state index contributed by atoms with van der Waals surface area (Å²) in [6, 6.07) is 4.80. The molecule has 0 N–H and O–H groups in total. The lowest BCUT2D eigenvalue weighted by Gasteiger charge is -2.32. The topological polar surface area (TPSA) is 27.7 Å². The molecule has 3 nitrogen and oxygen atoms in total. The largest absolute Gasteiger partial charge is 0.497 e. The molecule has 0 radical (unpaired) electrons. The zero-order valence-corrected chi connectivity index (χ0v) is 12.8. The normalized spacial score (nSPS) is 20.2. The third-order valence-electron chi connectivity index (χ3n) is 3.95. The number of hydrogen-bond donors (Lipinski definition) is 0. The summed E-state index contributed by atoms with van der Waals surface area (Å²) in [6.07, 6.45) is 0.889. The molecule has 1 aromatic carbocycles. The van der Waals surface area contributed by atoms with E-state index >= 15 is 0 Å². The van der Waals surface area contributed by atoms with Crippen LogP contribution < -0.4 is 10.2 Å². The van der Waals surface area contributed by atoms with Crippen LogP contribution in [0.4, 0.5) is 4.39 Å². The minimum Gasteiger partial charge on any atom is -0.494 e. The first-order valence-corrected chi connectivity index (χ1v) is 7.05. The van der Waals surface area contributed by atoms with E-state index < -0.39 is 18.3 Å². The van der Waals surface area contributed by atoms with Gasteiger partial charge in [0.15, 0.2) is 0 Å². The second-order valence-electron chi connectivity index (χ2n) is 6.12. The predicted octanol–water partition coefficient (Wildman–Crippen LogP) is 2.91. The van der Waals surface area contributed by atoms with Gasteiger partial charge in [-0.3, -0.25) is 0 Å². The van der Waals surface area contributed by atoms with Crippen molar-refractivity contribution >= 4 is 12.6 Å². The molecule has 0 unspecified atom stereocenters. The molecule has 1 aromatic rings. The van der Waals surface area contributed by atoms with Crippen LogP contribution in [0.25, 0.3) is 0 Å². The lowest BCUT2D eigenvalue weighted by atomic mass is 9.78. The maximum Gasteiger partial charge on any atom is 0.497 e. The van der Waals surface area contributed by atoms with Gasteiger partial charge in [-0.2, -0.15) is 0 Å². The Morgan fingerprint density at radius 2 is 1.75 bits per heavy atom. The van der Waals surface area contributed by atoms with Crippen molar-refractivity contribution in [2.24, 2.45) is 0 Å². The van der Waals surface area contributed by atoms with Crippen molar-refractivity contribution in [2.75, 3.05) is 6.61 Å². The molecule has 1 fully saturated rings. The highest BCUT2D eigenvalue weighted by molar-refractivity contribution is 6.62. The van der Waals surface area contributed by atoms with Crippen LogP contribution in [0.3, 0.4) is 0 Å².